The van der Waals surface area contributed by atoms with Crippen LogP contribution in [-0.2, 0) is 16.4 Å². The van der Waals surface area contributed by atoms with Gasteiger partial charge in [0, 0.05) is 54.6 Å². The number of fused-ring (bicyclic) bond motifs is 2. The zero-order chi connectivity index (χ0) is 29.2. The first-order chi connectivity index (χ1) is 19.4. The van der Waals surface area contributed by atoms with Gasteiger partial charge in [-0.05, 0) is 46.2 Å². The second kappa shape index (κ2) is 9.51. The molecule has 4 heteroatoms. The molecule has 0 saturated carbocycles. The van der Waals surface area contributed by atoms with Gasteiger partial charge in [-0.25, -0.2) is 4.98 Å². The van der Waals surface area contributed by atoms with Gasteiger partial charge in [-0.1, -0.05) is 102 Å². The van der Waals surface area contributed by atoms with E-state index < -0.39 is 5.54 Å². The normalized spacial score (nSPS) is 16.1. The first-order valence-corrected chi connectivity index (χ1v) is 14.6. The van der Waals surface area contributed by atoms with Gasteiger partial charge in [-0.15, -0.1) is 0 Å². The van der Waals surface area contributed by atoms with E-state index in [0.29, 0.717) is 0 Å². The number of pyridine rings is 1. The molecule has 0 fully saturated rings. The van der Waals surface area contributed by atoms with Crippen LogP contribution < -0.4 is 4.90 Å². The van der Waals surface area contributed by atoms with Crippen molar-refractivity contribution in [2.24, 2.45) is 0 Å². The molecule has 41 heavy (non-hydrogen) atoms. The lowest BCUT2D eigenvalue weighted by atomic mass is 9.70. The van der Waals surface area contributed by atoms with E-state index in [1.54, 1.807) is 0 Å². The summed E-state index contributed by atoms with van der Waals surface area (Å²) in [6.45, 7) is 14.6. The lowest BCUT2D eigenvalue weighted by Gasteiger charge is -2.50. The van der Waals surface area contributed by atoms with Crippen molar-refractivity contribution in [3.63, 3.8) is 0 Å². The van der Waals surface area contributed by atoms with Crippen LogP contribution in [-0.4, -0.2) is 35.5 Å². The van der Waals surface area contributed by atoms with Crippen LogP contribution in [0, 0.1) is 0 Å². The fourth-order valence-corrected chi connectivity index (χ4v) is 6.33. The predicted molar refractivity (Wildman–Crippen MR) is 172 cm³/mol. The van der Waals surface area contributed by atoms with E-state index in [4.69, 9.17) is 4.98 Å². The average molecular weight is 543 g/mol. The second-order valence-corrected chi connectivity index (χ2v) is 13.7. The molecule has 3 aromatic carbocycles. The summed E-state index contributed by atoms with van der Waals surface area (Å²) < 4.78 is 0. The molecule has 210 valence electrons. The molecule has 2 aliphatic heterocycles. The first-order valence-electron chi connectivity index (χ1n) is 14.6. The zero-order valence-corrected chi connectivity index (χ0v) is 25.7. The SMILES string of the molecule is CN1C=CN(C2(c3cccc(-c4ccccc4)n3)c3cc(C(C)(C)C)ccc3N(C)c3ccc(C(C)(C)C)cc32)C1. The molecule has 3 heterocycles. The molecule has 0 saturated heterocycles. The molecule has 0 amide bonds. The summed E-state index contributed by atoms with van der Waals surface area (Å²) >= 11 is 0. The number of hydrogen-bond acceptors (Lipinski definition) is 4. The van der Waals surface area contributed by atoms with Crippen molar-refractivity contribution < 1.29 is 0 Å². The van der Waals surface area contributed by atoms with E-state index in [1.807, 2.05) is 0 Å². The zero-order valence-electron chi connectivity index (χ0n) is 25.7. The molecule has 0 N–H and O–H groups in total. The van der Waals surface area contributed by atoms with Crippen LogP contribution in [0.5, 0.6) is 0 Å². The Hall–Kier alpha value is -4.05. The molecule has 1 aromatic heterocycles. The van der Waals surface area contributed by atoms with Gasteiger partial charge in [-0.3, -0.25) is 0 Å². The van der Waals surface area contributed by atoms with Gasteiger partial charge in [0.25, 0.3) is 0 Å². The molecule has 0 aliphatic carbocycles. The summed E-state index contributed by atoms with van der Waals surface area (Å²) in [4.78, 5) is 12.6. The third-order valence-corrected chi connectivity index (χ3v) is 8.72. The van der Waals surface area contributed by atoms with Crippen LogP contribution in [0.4, 0.5) is 11.4 Å². The molecule has 0 bridgehead atoms. The van der Waals surface area contributed by atoms with Crippen molar-refractivity contribution in [2.45, 2.75) is 57.9 Å². The highest BCUT2D eigenvalue weighted by atomic mass is 15.4. The Morgan fingerprint density at radius 2 is 1.24 bits per heavy atom. The summed E-state index contributed by atoms with van der Waals surface area (Å²) in [5, 5.41) is 0. The maximum atomic E-state index is 5.50. The number of aromatic nitrogens is 1. The predicted octanol–water partition coefficient (Wildman–Crippen LogP) is 8.39. The van der Waals surface area contributed by atoms with E-state index in [2.05, 4.69) is 168 Å². The molecule has 6 rings (SSSR count). The van der Waals surface area contributed by atoms with E-state index >= 15 is 0 Å². The highest BCUT2D eigenvalue weighted by Crippen LogP contribution is 2.55. The third kappa shape index (κ3) is 4.41. The Morgan fingerprint density at radius 1 is 0.659 bits per heavy atom. The number of rotatable bonds is 3. The van der Waals surface area contributed by atoms with Gasteiger partial charge in [0.2, 0.25) is 0 Å². The van der Waals surface area contributed by atoms with Crippen LogP contribution in [0.15, 0.2) is 97.3 Å². The Labute approximate surface area is 246 Å². The maximum Gasteiger partial charge on any atom is 0.138 e. The molecular formula is C37H42N4. The van der Waals surface area contributed by atoms with Gasteiger partial charge in [-0.2, -0.15) is 0 Å². The Balaban J connectivity index is 1.75. The monoisotopic (exact) mass is 542 g/mol. The number of anilines is 2. The highest BCUT2D eigenvalue weighted by Gasteiger charge is 2.50. The second-order valence-electron chi connectivity index (χ2n) is 13.7. The third-order valence-electron chi connectivity index (χ3n) is 8.72. The maximum absolute atomic E-state index is 5.50. The van der Waals surface area contributed by atoms with E-state index in [-0.39, 0.29) is 10.8 Å². The molecule has 2 aliphatic rings. The van der Waals surface area contributed by atoms with Gasteiger partial charge in [0.15, 0.2) is 0 Å². The minimum absolute atomic E-state index is 0.00380. The quantitative estimate of drug-likeness (QED) is 0.259. The molecule has 4 nitrogen and oxygen atoms in total. The number of nitrogens with zero attached hydrogens (tertiary/aromatic N) is 4. The van der Waals surface area contributed by atoms with Crippen molar-refractivity contribution >= 4 is 11.4 Å². The minimum atomic E-state index is -0.633. The van der Waals surface area contributed by atoms with E-state index in [0.717, 1.165) is 23.6 Å². The number of benzene rings is 3. The fraction of sp³-hybridized carbons (Fsp3) is 0.324. The summed E-state index contributed by atoms with van der Waals surface area (Å²) in [5.41, 5.74) is 10.1. The Kier molecular flexibility index (Phi) is 6.29. The molecule has 0 atom stereocenters. The van der Waals surface area contributed by atoms with Crippen molar-refractivity contribution in [3.05, 3.63) is 125 Å². The van der Waals surface area contributed by atoms with Gasteiger partial charge >= 0.3 is 0 Å². The molecular weight excluding hydrogens is 500 g/mol. The summed E-state index contributed by atoms with van der Waals surface area (Å²) in [5.74, 6) is 0. The summed E-state index contributed by atoms with van der Waals surface area (Å²) in [7, 11) is 4.35. The van der Waals surface area contributed by atoms with E-state index in [9.17, 15) is 0 Å². The Bertz CT molecular complexity index is 1560. The first kappa shape index (κ1) is 27.1. The minimum Gasteiger partial charge on any atom is -0.362 e. The smallest absolute Gasteiger partial charge is 0.138 e. The van der Waals surface area contributed by atoms with Crippen molar-refractivity contribution in [3.8, 4) is 11.3 Å². The van der Waals surface area contributed by atoms with Gasteiger partial charge in [0.05, 0.1) is 18.1 Å². The average Bonchev–Trinajstić information content (AvgIpc) is 3.39. The van der Waals surface area contributed by atoms with Crippen LogP contribution in [0.1, 0.15) is 69.5 Å². The molecule has 0 spiro atoms. The molecule has 4 aromatic rings. The van der Waals surface area contributed by atoms with Crippen molar-refractivity contribution in [1.82, 2.24) is 14.8 Å². The van der Waals surface area contributed by atoms with Crippen LogP contribution in [0.25, 0.3) is 11.3 Å². The lowest BCUT2D eigenvalue weighted by molar-refractivity contribution is 0.189. The standard InChI is InChI=1S/C37H42N4/c1-35(2,3)27-17-19-32-29(23-27)37(41-22-21-39(7)25-41,30-24-28(36(4,5)6)18-20-33(30)40(32)8)34-16-12-15-31(38-34)26-13-10-9-11-14-26/h9-24H,25H2,1-8H3. The van der Waals surface area contributed by atoms with Crippen molar-refractivity contribution in [2.75, 3.05) is 25.7 Å². The topological polar surface area (TPSA) is 22.6 Å². The van der Waals surface area contributed by atoms with Crippen LogP contribution in [0.2, 0.25) is 0 Å². The lowest BCUT2D eigenvalue weighted by Crippen LogP contribution is -2.50. The Morgan fingerprint density at radius 3 is 1.76 bits per heavy atom. The van der Waals surface area contributed by atoms with Crippen LogP contribution >= 0.6 is 0 Å². The summed E-state index contributed by atoms with van der Waals surface area (Å²) in [6, 6.07) is 31.2. The molecule has 0 radical (unpaired) electrons. The van der Waals surface area contributed by atoms with E-state index in [1.165, 1.54) is 33.6 Å². The van der Waals surface area contributed by atoms with Crippen molar-refractivity contribution in [1.29, 1.82) is 0 Å². The summed E-state index contributed by atoms with van der Waals surface area (Å²) in [6.07, 6.45) is 4.44. The fourth-order valence-electron chi connectivity index (χ4n) is 6.33. The van der Waals surface area contributed by atoms with Gasteiger partial charge in [0.1, 0.15) is 5.54 Å². The highest BCUT2D eigenvalue weighted by molar-refractivity contribution is 5.81. The van der Waals surface area contributed by atoms with Crippen LogP contribution in [0.3, 0.4) is 0 Å². The molecule has 0 unspecified atom stereocenters. The van der Waals surface area contributed by atoms with Gasteiger partial charge < -0.3 is 14.7 Å². The number of hydrogen-bond donors (Lipinski definition) is 0. The largest absolute Gasteiger partial charge is 0.362 e.